The summed E-state index contributed by atoms with van der Waals surface area (Å²) in [6.45, 7) is 2.62. The van der Waals surface area contributed by atoms with Gasteiger partial charge in [-0.1, -0.05) is 6.07 Å². The van der Waals surface area contributed by atoms with Crippen molar-refractivity contribution in [2.75, 3.05) is 7.11 Å². The topological polar surface area (TPSA) is 67.4 Å². The van der Waals surface area contributed by atoms with Crippen LogP contribution in [0.3, 0.4) is 0 Å². The van der Waals surface area contributed by atoms with Crippen LogP contribution >= 0.6 is 0 Å². The van der Waals surface area contributed by atoms with E-state index in [1.807, 2.05) is 13.0 Å². The van der Waals surface area contributed by atoms with Crippen LogP contribution in [0.15, 0.2) is 23.1 Å². The van der Waals surface area contributed by atoms with Gasteiger partial charge in [-0.2, -0.15) is 0 Å². The number of rotatable bonds is 7. The van der Waals surface area contributed by atoms with E-state index in [1.54, 1.807) is 12.1 Å². The highest BCUT2D eigenvalue weighted by Crippen LogP contribution is 2.37. The first kappa shape index (κ1) is 14.8. The van der Waals surface area contributed by atoms with Gasteiger partial charge in [0.1, 0.15) is 10.6 Å². The summed E-state index contributed by atoms with van der Waals surface area (Å²) in [5, 5.41) is 3.39. The van der Waals surface area contributed by atoms with E-state index >= 15 is 0 Å². The fourth-order valence-electron chi connectivity index (χ4n) is 2.26. The predicted octanol–water partition coefficient (Wildman–Crippen LogP) is 1.78. The predicted molar refractivity (Wildman–Crippen MR) is 80.8 cm³/mol. The molecule has 0 heterocycles. The van der Waals surface area contributed by atoms with Gasteiger partial charge in [-0.05, 0) is 50.3 Å². The largest absolute Gasteiger partial charge is 0.495 e. The van der Waals surface area contributed by atoms with Gasteiger partial charge in [0.15, 0.2) is 0 Å². The van der Waals surface area contributed by atoms with Gasteiger partial charge in [0.2, 0.25) is 10.0 Å². The zero-order valence-electron chi connectivity index (χ0n) is 12.5. The number of ether oxygens (including phenoxy) is 1. The molecule has 0 bridgehead atoms. The Kier molecular flexibility index (Phi) is 3.71. The van der Waals surface area contributed by atoms with Gasteiger partial charge >= 0.3 is 0 Å². The van der Waals surface area contributed by atoms with Crippen LogP contribution in [0.4, 0.5) is 0 Å². The average Bonchev–Trinajstić information content (AvgIpc) is 3.34. The second-order valence-corrected chi connectivity index (χ2v) is 7.96. The minimum atomic E-state index is -3.55. The average molecular weight is 310 g/mol. The number of benzene rings is 1. The summed E-state index contributed by atoms with van der Waals surface area (Å²) in [7, 11) is -2.05. The lowest BCUT2D eigenvalue weighted by molar-refractivity contribution is 0.401. The molecule has 0 spiro atoms. The molecular weight excluding hydrogens is 288 g/mol. The second-order valence-electron chi connectivity index (χ2n) is 6.31. The first-order chi connectivity index (χ1) is 9.92. The molecule has 3 rings (SSSR count). The summed E-state index contributed by atoms with van der Waals surface area (Å²) in [6.07, 6.45) is 4.19. The Hall–Kier alpha value is -1.11. The number of hydrogen-bond donors (Lipinski definition) is 2. The molecule has 0 unspecified atom stereocenters. The van der Waals surface area contributed by atoms with E-state index in [0.29, 0.717) is 18.3 Å². The Morgan fingerprint density at radius 1 is 1.33 bits per heavy atom. The SMILES string of the molecule is COc1ccc(CNC2CC2)cc1S(=O)(=O)NC1(C)CC1. The first-order valence-electron chi connectivity index (χ1n) is 7.36. The lowest BCUT2D eigenvalue weighted by Crippen LogP contribution is -2.34. The Morgan fingerprint density at radius 2 is 2.05 bits per heavy atom. The van der Waals surface area contributed by atoms with E-state index in [-0.39, 0.29) is 10.4 Å². The molecule has 1 aromatic carbocycles. The minimum absolute atomic E-state index is 0.230. The van der Waals surface area contributed by atoms with Crippen molar-refractivity contribution in [1.82, 2.24) is 10.0 Å². The molecule has 2 aliphatic rings. The molecule has 2 saturated carbocycles. The van der Waals surface area contributed by atoms with Gasteiger partial charge in [0.25, 0.3) is 0 Å². The third-order valence-electron chi connectivity index (χ3n) is 4.07. The van der Waals surface area contributed by atoms with Crippen molar-refractivity contribution in [2.45, 2.75) is 55.6 Å². The summed E-state index contributed by atoms with van der Waals surface area (Å²) in [5.41, 5.74) is 0.676. The molecule has 6 heteroatoms. The highest BCUT2D eigenvalue weighted by atomic mass is 32.2. The zero-order chi connectivity index (χ0) is 15.1. The maximum atomic E-state index is 12.6. The lowest BCUT2D eigenvalue weighted by atomic mass is 10.2. The molecule has 2 aliphatic carbocycles. The molecule has 0 atom stereocenters. The van der Waals surface area contributed by atoms with Crippen molar-refractivity contribution in [3.63, 3.8) is 0 Å². The fraction of sp³-hybridized carbons (Fsp3) is 0.600. The molecule has 2 N–H and O–H groups in total. The third-order valence-corrected chi connectivity index (χ3v) is 5.73. The lowest BCUT2D eigenvalue weighted by Gasteiger charge is -2.16. The van der Waals surface area contributed by atoms with Gasteiger partial charge in [0.05, 0.1) is 7.11 Å². The van der Waals surface area contributed by atoms with Gasteiger partial charge < -0.3 is 10.1 Å². The Labute approximate surface area is 126 Å². The van der Waals surface area contributed by atoms with Crippen molar-refractivity contribution in [3.05, 3.63) is 23.8 Å². The molecule has 0 radical (unpaired) electrons. The van der Waals surface area contributed by atoms with Crippen LogP contribution in [-0.2, 0) is 16.6 Å². The highest BCUT2D eigenvalue weighted by Gasteiger charge is 2.41. The number of methoxy groups -OCH3 is 1. The summed E-state index contributed by atoms with van der Waals surface area (Å²) in [4.78, 5) is 0.230. The van der Waals surface area contributed by atoms with Crippen LogP contribution < -0.4 is 14.8 Å². The first-order valence-corrected chi connectivity index (χ1v) is 8.84. The Bertz CT molecular complexity index is 634. The molecule has 0 amide bonds. The van der Waals surface area contributed by atoms with Gasteiger partial charge in [0, 0.05) is 18.1 Å². The summed E-state index contributed by atoms with van der Waals surface area (Å²) in [6, 6.07) is 5.94. The summed E-state index contributed by atoms with van der Waals surface area (Å²) >= 11 is 0. The normalized spacial score (nSPS) is 20.3. The highest BCUT2D eigenvalue weighted by molar-refractivity contribution is 7.89. The molecular formula is C15H22N2O3S. The van der Waals surface area contributed by atoms with Crippen molar-refractivity contribution in [3.8, 4) is 5.75 Å². The minimum Gasteiger partial charge on any atom is -0.495 e. The smallest absolute Gasteiger partial charge is 0.244 e. The molecule has 0 aromatic heterocycles. The van der Waals surface area contributed by atoms with Crippen LogP contribution in [0.5, 0.6) is 5.75 Å². The number of nitrogens with one attached hydrogen (secondary N) is 2. The summed E-state index contributed by atoms with van der Waals surface area (Å²) in [5.74, 6) is 0.391. The fourth-order valence-corrected chi connectivity index (χ4v) is 3.95. The molecule has 116 valence electrons. The summed E-state index contributed by atoms with van der Waals surface area (Å²) < 4.78 is 33.1. The van der Waals surface area contributed by atoms with Crippen molar-refractivity contribution in [2.24, 2.45) is 0 Å². The van der Waals surface area contributed by atoms with Crippen LogP contribution in [0.2, 0.25) is 0 Å². The van der Waals surface area contributed by atoms with Crippen molar-refractivity contribution < 1.29 is 13.2 Å². The van der Waals surface area contributed by atoms with Gasteiger partial charge in [-0.25, -0.2) is 13.1 Å². The van der Waals surface area contributed by atoms with E-state index in [4.69, 9.17) is 4.74 Å². The second kappa shape index (κ2) is 5.26. The molecule has 2 fully saturated rings. The Balaban J connectivity index is 1.84. The van der Waals surface area contributed by atoms with Crippen LogP contribution in [0.25, 0.3) is 0 Å². The van der Waals surface area contributed by atoms with E-state index in [1.165, 1.54) is 20.0 Å². The van der Waals surface area contributed by atoms with Crippen molar-refractivity contribution >= 4 is 10.0 Å². The van der Waals surface area contributed by atoms with Crippen molar-refractivity contribution in [1.29, 1.82) is 0 Å². The maximum absolute atomic E-state index is 12.6. The van der Waals surface area contributed by atoms with E-state index in [9.17, 15) is 8.42 Å². The van der Waals surface area contributed by atoms with E-state index < -0.39 is 10.0 Å². The number of sulfonamides is 1. The molecule has 21 heavy (non-hydrogen) atoms. The monoisotopic (exact) mass is 310 g/mol. The number of hydrogen-bond acceptors (Lipinski definition) is 4. The van der Waals surface area contributed by atoms with Gasteiger partial charge in [-0.15, -0.1) is 0 Å². The van der Waals surface area contributed by atoms with E-state index in [0.717, 1.165) is 18.4 Å². The van der Waals surface area contributed by atoms with Crippen LogP contribution in [0.1, 0.15) is 38.2 Å². The quantitative estimate of drug-likeness (QED) is 0.805. The molecule has 0 saturated heterocycles. The molecule has 0 aliphatic heterocycles. The molecule has 5 nitrogen and oxygen atoms in total. The van der Waals surface area contributed by atoms with Gasteiger partial charge in [-0.3, -0.25) is 0 Å². The standard InChI is InChI=1S/C15H22N2O3S/c1-15(7-8-15)17-21(18,19)14-9-11(3-6-13(14)20-2)10-16-12-4-5-12/h3,6,9,12,16-17H,4-5,7-8,10H2,1-2H3. The van der Waals surface area contributed by atoms with Crippen LogP contribution in [-0.4, -0.2) is 27.1 Å². The van der Waals surface area contributed by atoms with Crippen LogP contribution in [0, 0.1) is 0 Å². The van der Waals surface area contributed by atoms with E-state index in [2.05, 4.69) is 10.0 Å². The third kappa shape index (κ3) is 3.56. The zero-order valence-corrected chi connectivity index (χ0v) is 13.3. The maximum Gasteiger partial charge on any atom is 0.244 e. The Morgan fingerprint density at radius 3 is 2.62 bits per heavy atom. The molecule has 1 aromatic rings.